The number of nitrogens with one attached hydrogen (secondary N) is 3. The largest absolute Gasteiger partial charge is 0.490 e. The molecule has 1 atom stereocenters. The van der Waals surface area contributed by atoms with Gasteiger partial charge in [0.05, 0.1) is 12.6 Å². The second kappa shape index (κ2) is 6.84. The SMILES string of the molecule is CCOc1cccc2cc(C(C)NC(=O)c3n[nH]c4c3CNCC4)oc12. The number of benzene rings is 1. The Labute approximate surface area is 151 Å². The molecular weight excluding hydrogens is 332 g/mol. The van der Waals surface area contributed by atoms with Crippen molar-refractivity contribution < 1.29 is 13.9 Å². The zero-order chi connectivity index (χ0) is 18.1. The molecule has 1 aromatic carbocycles. The molecule has 1 aliphatic heterocycles. The summed E-state index contributed by atoms with van der Waals surface area (Å²) in [5.41, 5.74) is 3.13. The molecule has 3 heterocycles. The van der Waals surface area contributed by atoms with Crippen LogP contribution in [0.5, 0.6) is 5.75 Å². The summed E-state index contributed by atoms with van der Waals surface area (Å²) >= 11 is 0. The standard InChI is InChI=1S/C19H22N4O3/c1-3-25-15-6-4-5-12-9-16(26-18(12)15)11(2)21-19(24)17-13-10-20-8-7-14(13)22-23-17/h4-6,9,11,20H,3,7-8,10H2,1-2H3,(H,21,24)(H,22,23). The molecule has 3 N–H and O–H groups in total. The van der Waals surface area contributed by atoms with Crippen molar-refractivity contribution in [2.45, 2.75) is 32.9 Å². The number of furan rings is 1. The normalized spacial score (nSPS) is 14.8. The number of amides is 1. The third-order valence-corrected chi connectivity index (χ3v) is 4.62. The van der Waals surface area contributed by atoms with Gasteiger partial charge in [-0.25, -0.2) is 0 Å². The predicted octanol–water partition coefficient (Wildman–Crippen LogP) is 2.69. The van der Waals surface area contributed by atoms with Crippen molar-refractivity contribution in [1.29, 1.82) is 0 Å². The highest BCUT2D eigenvalue weighted by Gasteiger charge is 2.24. The number of fused-ring (bicyclic) bond motifs is 2. The van der Waals surface area contributed by atoms with Crippen molar-refractivity contribution in [3.63, 3.8) is 0 Å². The fourth-order valence-electron chi connectivity index (χ4n) is 3.29. The second-order valence-electron chi connectivity index (χ2n) is 6.41. The van der Waals surface area contributed by atoms with E-state index in [0.717, 1.165) is 29.6 Å². The van der Waals surface area contributed by atoms with Crippen LogP contribution in [0, 0.1) is 0 Å². The lowest BCUT2D eigenvalue weighted by atomic mass is 10.1. The monoisotopic (exact) mass is 354 g/mol. The Bertz CT molecular complexity index is 944. The van der Waals surface area contributed by atoms with Gasteiger partial charge in [-0.05, 0) is 26.0 Å². The first kappa shape index (κ1) is 16.7. The number of rotatable bonds is 5. The molecule has 136 valence electrons. The van der Waals surface area contributed by atoms with E-state index < -0.39 is 0 Å². The molecule has 4 rings (SSSR count). The summed E-state index contributed by atoms with van der Waals surface area (Å²) in [6.07, 6.45) is 0.856. The summed E-state index contributed by atoms with van der Waals surface area (Å²) in [4.78, 5) is 12.7. The molecule has 7 nitrogen and oxygen atoms in total. The van der Waals surface area contributed by atoms with E-state index in [0.29, 0.717) is 35.9 Å². The van der Waals surface area contributed by atoms with Crippen LogP contribution in [0.1, 0.15) is 47.4 Å². The number of aromatic nitrogens is 2. The Balaban J connectivity index is 1.55. The third-order valence-electron chi connectivity index (χ3n) is 4.62. The highest BCUT2D eigenvalue weighted by molar-refractivity contribution is 5.94. The third kappa shape index (κ3) is 2.94. The minimum absolute atomic E-state index is 0.204. The quantitative estimate of drug-likeness (QED) is 0.655. The predicted molar refractivity (Wildman–Crippen MR) is 97.3 cm³/mol. The van der Waals surface area contributed by atoms with Crippen LogP contribution in [0.3, 0.4) is 0 Å². The molecule has 0 spiro atoms. The van der Waals surface area contributed by atoms with Crippen LogP contribution < -0.4 is 15.4 Å². The smallest absolute Gasteiger partial charge is 0.272 e. The van der Waals surface area contributed by atoms with E-state index in [1.807, 2.05) is 38.1 Å². The molecule has 0 saturated carbocycles. The number of nitrogens with zero attached hydrogens (tertiary/aromatic N) is 1. The molecule has 1 unspecified atom stereocenters. The highest BCUT2D eigenvalue weighted by atomic mass is 16.5. The molecule has 1 amide bonds. The molecule has 0 saturated heterocycles. The van der Waals surface area contributed by atoms with Gasteiger partial charge in [-0.1, -0.05) is 12.1 Å². The maximum absolute atomic E-state index is 12.7. The van der Waals surface area contributed by atoms with Gasteiger partial charge in [0.1, 0.15) is 5.76 Å². The van der Waals surface area contributed by atoms with Gasteiger partial charge in [0, 0.05) is 36.2 Å². The van der Waals surface area contributed by atoms with Crippen LogP contribution in [-0.2, 0) is 13.0 Å². The first-order chi connectivity index (χ1) is 12.7. The van der Waals surface area contributed by atoms with E-state index in [-0.39, 0.29) is 11.9 Å². The Morgan fingerprint density at radius 1 is 1.46 bits per heavy atom. The van der Waals surface area contributed by atoms with Gasteiger partial charge < -0.3 is 19.8 Å². The number of aromatic amines is 1. The molecule has 2 aromatic heterocycles. The van der Waals surface area contributed by atoms with Crippen molar-refractivity contribution in [2.24, 2.45) is 0 Å². The van der Waals surface area contributed by atoms with Crippen molar-refractivity contribution in [3.05, 3.63) is 47.0 Å². The maximum Gasteiger partial charge on any atom is 0.272 e. The molecular formula is C19H22N4O3. The lowest BCUT2D eigenvalue weighted by Gasteiger charge is -2.14. The van der Waals surface area contributed by atoms with Crippen molar-refractivity contribution in [2.75, 3.05) is 13.2 Å². The highest BCUT2D eigenvalue weighted by Crippen LogP contribution is 2.31. The average Bonchev–Trinajstić information content (AvgIpc) is 3.27. The summed E-state index contributed by atoms with van der Waals surface area (Å²) in [6.45, 7) is 5.96. The number of H-pyrrole nitrogens is 1. The number of hydrogen-bond donors (Lipinski definition) is 3. The molecule has 0 bridgehead atoms. The molecule has 3 aromatic rings. The minimum Gasteiger partial charge on any atom is -0.490 e. The Morgan fingerprint density at radius 2 is 2.35 bits per heavy atom. The van der Waals surface area contributed by atoms with Crippen molar-refractivity contribution in [3.8, 4) is 5.75 Å². The zero-order valence-corrected chi connectivity index (χ0v) is 14.9. The van der Waals surface area contributed by atoms with Gasteiger partial charge in [-0.3, -0.25) is 9.89 Å². The maximum atomic E-state index is 12.7. The number of hydrogen-bond acceptors (Lipinski definition) is 5. The van der Waals surface area contributed by atoms with E-state index in [9.17, 15) is 4.79 Å². The van der Waals surface area contributed by atoms with Crippen molar-refractivity contribution >= 4 is 16.9 Å². The summed E-state index contributed by atoms with van der Waals surface area (Å²) in [5.74, 6) is 1.19. The topological polar surface area (TPSA) is 92.2 Å². The Kier molecular flexibility index (Phi) is 4.38. The van der Waals surface area contributed by atoms with Gasteiger partial charge in [0.25, 0.3) is 5.91 Å². The van der Waals surface area contributed by atoms with Crippen LogP contribution in [0.4, 0.5) is 0 Å². The summed E-state index contributed by atoms with van der Waals surface area (Å²) in [7, 11) is 0. The summed E-state index contributed by atoms with van der Waals surface area (Å²) in [5, 5.41) is 14.4. The van der Waals surface area contributed by atoms with E-state index in [1.165, 1.54) is 0 Å². The summed E-state index contributed by atoms with van der Waals surface area (Å²) < 4.78 is 11.6. The van der Waals surface area contributed by atoms with E-state index in [4.69, 9.17) is 9.15 Å². The number of ether oxygens (including phenoxy) is 1. The summed E-state index contributed by atoms with van der Waals surface area (Å²) in [6, 6.07) is 7.43. The van der Waals surface area contributed by atoms with Gasteiger partial charge in [-0.2, -0.15) is 5.10 Å². The van der Waals surface area contributed by atoms with Crippen LogP contribution >= 0.6 is 0 Å². The van der Waals surface area contributed by atoms with Crippen molar-refractivity contribution in [1.82, 2.24) is 20.8 Å². The Morgan fingerprint density at radius 3 is 3.19 bits per heavy atom. The molecule has 0 fully saturated rings. The minimum atomic E-state index is -0.284. The van der Waals surface area contributed by atoms with Crippen LogP contribution in [0.2, 0.25) is 0 Å². The first-order valence-electron chi connectivity index (χ1n) is 8.90. The fraction of sp³-hybridized carbons (Fsp3) is 0.368. The number of para-hydroxylation sites is 1. The van der Waals surface area contributed by atoms with E-state index >= 15 is 0 Å². The lowest BCUT2D eigenvalue weighted by Crippen LogP contribution is -2.30. The van der Waals surface area contributed by atoms with Crippen LogP contribution in [0.15, 0.2) is 28.7 Å². The average molecular weight is 354 g/mol. The number of carbonyl (C=O) groups is 1. The molecule has 26 heavy (non-hydrogen) atoms. The molecule has 0 aliphatic carbocycles. The second-order valence-corrected chi connectivity index (χ2v) is 6.41. The zero-order valence-electron chi connectivity index (χ0n) is 14.9. The first-order valence-corrected chi connectivity index (χ1v) is 8.90. The molecule has 7 heteroatoms. The Hall–Kier alpha value is -2.80. The van der Waals surface area contributed by atoms with Crippen LogP contribution in [0.25, 0.3) is 11.0 Å². The van der Waals surface area contributed by atoms with Gasteiger partial charge in [-0.15, -0.1) is 0 Å². The molecule has 0 radical (unpaired) electrons. The van der Waals surface area contributed by atoms with E-state index in [1.54, 1.807) is 0 Å². The fourth-order valence-corrected chi connectivity index (χ4v) is 3.29. The van der Waals surface area contributed by atoms with Crippen LogP contribution in [-0.4, -0.2) is 29.3 Å². The molecule has 1 aliphatic rings. The number of carbonyl (C=O) groups excluding carboxylic acids is 1. The van der Waals surface area contributed by atoms with Gasteiger partial charge in [0.15, 0.2) is 17.0 Å². The van der Waals surface area contributed by atoms with Gasteiger partial charge in [0.2, 0.25) is 0 Å². The lowest BCUT2D eigenvalue weighted by molar-refractivity contribution is 0.0929. The van der Waals surface area contributed by atoms with Gasteiger partial charge >= 0.3 is 0 Å². The van der Waals surface area contributed by atoms with E-state index in [2.05, 4.69) is 20.8 Å².